The van der Waals surface area contributed by atoms with E-state index in [1.54, 1.807) is 25.2 Å². The number of nitrogens with two attached hydrogens (primary N) is 2. The summed E-state index contributed by atoms with van der Waals surface area (Å²) in [6.45, 7) is 8.25. The molecule has 3 aromatic rings. The third kappa shape index (κ3) is 6.87. The Labute approximate surface area is 240 Å². The third-order valence-corrected chi connectivity index (χ3v) is 8.53. The maximum absolute atomic E-state index is 12.3. The summed E-state index contributed by atoms with van der Waals surface area (Å²) in [5.74, 6) is 7.37. The number of anilines is 2. The monoisotopic (exact) mass is 586 g/mol. The molecule has 5 unspecified atom stereocenters. The minimum atomic E-state index is -1.67. The number of hydrogen-bond donors (Lipinski definition) is 3. The molecule has 1 aliphatic carbocycles. The van der Waals surface area contributed by atoms with Crippen molar-refractivity contribution in [2.75, 3.05) is 24.0 Å². The minimum Gasteiger partial charge on any atom is -0.465 e. The van der Waals surface area contributed by atoms with Gasteiger partial charge in [0.15, 0.2) is 17.0 Å². The Hall–Kier alpha value is -3.09. The normalized spacial score (nSPS) is 22.0. The number of benzene rings is 1. The Bertz CT molecular complexity index is 1340. The maximum atomic E-state index is 12.3. The molecule has 5 N–H and O–H groups in total. The SMILES string of the molecule is CCOC(=O)C(C)NP(OCC1CC(C)C(n2cnc3c(N(N)C4CC4)nc(N)nc32)O1)Oc1ccc(CC)cc1. The second-order valence-corrected chi connectivity index (χ2v) is 11.7. The largest absolute Gasteiger partial charge is 0.465 e. The third-order valence-electron chi connectivity index (χ3n) is 7.17. The number of hydrogen-bond acceptors (Lipinski definition) is 12. The number of aryl methyl sites for hydroxylation is 1. The van der Waals surface area contributed by atoms with Crippen LogP contribution in [0.15, 0.2) is 30.6 Å². The van der Waals surface area contributed by atoms with E-state index in [9.17, 15) is 4.79 Å². The van der Waals surface area contributed by atoms with Crippen molar-refractivity contribution in [2.24, 2.45) is 11.8 Å². The van der Waals surface area contributed by atoms with Gasteiger partial charge in [-0.2, -0.15) is 9.97 Å². The van der Waals surface area contributed by atoms with Gasteiger partial charge in [0.2, 0.25) is 5.95 Å². The lowest BCUT2D eigenvalue weighted by atomic mass is 10.1. The van der Waals surface area contributed by atoms with Gasteiger partial charge in [-0.05, 0) is 57.2 Å². The number of imidazole rings is 1. The lowest BCUT2D eigenvalue weighted by Crippen LogP contribution is -2.34. The van der Waals surface area contributed by atoms with Gasteiger partial charge in [0.25, 0.3) is 0 Å². The summed E-state index contributed by atoms with van der Waals surface area (Å²) in [5, 5.41) is 4.78. The number of nitrogens with zero attached hydrogens (tertiary/aromatic N) is 5. The van der Waals surface area contributed by atoms with E-state index < -0.39 is 14.6 Å². The quantitative estimate of drug-likeness (QED) is 0.115. The van der Waals surface area contributed by atoms with Crippen molar-refractivity contribution in [3.05, 3.63) is 36.2 Å². The van der Waals surface area contributed by atoms with Gasteiger partial charge in [0.05, 0.1) is 25.6 Å². The lowest BCUT2D eigenvalue weighted by Gasteiger charge is -2.23. The van der Waals surface area contributed by atoms with Crippen molar-refractivity contribution in [1.29, 1.82) is 0 Å². The van der Waals surface area contributed by atoms with Gasteiger partial charge in [-0.3, -0.25) is 14.4 Å². The number of nitrogen functional groups attached to an aromatic ring is 1. The van der Waals surface area contributed by atoms with Crippen molar-refractivity contribution in [1.82, 2.24) is 24.6 Å². The Morgan fingerprint density at radius 1 is 1.27 bits per heavy atom. The van der Waals surface area contributed by atoms with Crippen molar-refractivity contribution in [3.63, 3.8) is 0 Å². The Kier molecular flexibility index (Phi) is 9.20. The molecule has 5 rings (SSSR count). The van der Waals surface area contributed by atoms with E-state index >= 15 is 0 Å². The van der Waals surface area contributed by atoms with Crippen LogP contribution in [0.2, 0.25) is 0 Å². The van der Waals surface area contributed by atoms with Crippen LogP contribution in [-0.4, -0.2) is 56.9 Å². The first-order valence-corrected chi connectivity index (χ1v) is 15.3. The number of aromatic nitrogens is 4. The number of carbonyl (C=O) groups is 1. The highest BCUT2D eigenvalue weighted by atomic mass is 31.2. The molecule has 1 saturated heterocycles. The molecule has 1 saturated carbocycles. The van der Waals surface area contributed by atoms with Gasteiger partial charge >= 0.3 is 14.5 Å². The topological polar surface area (TPSA) is 165 Å². The minimum absolute atomic E-state index is 0.132. The predicted molar refractivity (Wildman–Crippen MR) is 156 cm³/mol. The summed E-state index contributed by atoms with van der Waals surface area (Å²) in [6.07, 6.45) is 4.84. The standard InChI is InChI=1S/C27H39N8O5P/c1-5-18-7-11-20(12-8-18)40-41(33-17(4)26(36)37-6-2)38-14-21-13-16(3)25(39-21)34-15-30-22-23(34)31-27(28)32-24(22)35(29)19-9-10-19/h7-8,11-12,15-17,19,21,25,33H,5-6,9-10,13-14,29H2,1-4H3,(H2,28,31,32). The van der Waals surface area contributed by atoms with Gasteiger partial charge in [0, 0.05) is 12.0 Å². The number of nitrogens with one attached hydrogen (secondary N) is 1. The fourth-order valence-corrected chi connectivity index (χ4v) is 5.99. The molecule has 14 heteroatoms. The first-order valence-electron chi connectivity index (χ1n) is 14.1. The number of fused-ring (bicyclic) bond motifs is 1. The highest BCUT2D eigenvalue weighted by Gasteiger charge is 2.37. The maximum Gasteiger partial charge on any atom is 0.323 e. The number of ether oxygens (including phenoxy) is 2. The molecule has 2 fully saturated rings. The number of carbonyl (C=O) groups excluding carboxylic acids is 1. The Morgan fingerprint density at radius 2 is 2.02 bits per heavy atom. The second kappa shape index (κ2) is 12.8. The van der Waals surface area contributed by atoms with Crippen LogP contribution in [0.3, 0.4) is 0 Å². The summed E-state index contributed by atoms with van der Waals surface area (Å²) in [5.41, 5.74) is 8.42. The van der Waals surface area contributed by atoms with Crippen LogP contribution >= 0.6 is 8.53 Å². The van der Waals surface area contributed by atoms with Crippen molar-refractivity contribution in [2.45, 2.75) is 77.8 Å². The van der Waals surface area contributed by atoms with Gasteiger partial charge in [-0.1, -0.05) is 26.0 Å². The van der Waals surface area contributed by atoms with E-state index in [-0.39, 0.29) is 42.8 Å². The molecular weight excluding hydrogens is 547 g/mol. The summed E-state index contributed by atoms with van der Waals surface area (Å²) in [4.78, 5) is 25.7. The zero-order valence-corrected chi connectivity index (χ0v) is 24.8. The highest BCUT2D eigenvalue weighted by Crippen LogP contribution is 2.41. The van der Waals surface area contributed by atoms with Crippen LogP contribution in [0, 0.1) is 5.92 Å². The summed E-state index contributed by atoms with van der Waals surface area (Å²) >= 11 is 0. The average Bonchev–Trinajstić information content (AvgIpc) is 3.63. The number of hydrazine groups is 1. The number of esters is 1. The molecule has 0 radical (unpaired) electrons. The van der Waals surface area contributed by atoms with Gasteiger partial charge in [0.1, 0.15) is 18.0 Å². The Balaban J connectivity index is 1.27. The van der Waals surface area contributed by atoms with E-state index in [4.69, 9.17) is 30.1 Å². The van der Waals surface area contributed by atoms with Gasteiger partial charge < -0.3 is 24.3 Å². The molecule has 1 aromatic carbocycles. The van der Waals surface area contributed by atoms with Crippen LogP contribution in [0.1, 0.15) is 58.7 Å². The van der Waals surface area contributed by atoms with Crippen LogP contribution in [0.5, 0.6) is 5.75 Å². The molecule has 0 amide bonds. The summed E-state index contributed by atoms with van der Waals surface area (Å²) in [7, 11) is -1.67. The zero-order valence-electron chi connectivity index (χ0n) is 23.9. The summed E-state index contributed by atoms with van der Waals surface area (Å²) < 4.78 is 25.8. The van der Waals surface area contributed by atoms with Crippen molar-refractivity contribution in [3.8, 4) is 5.75 Å². The predicted octanol–water partition coefficient (Wildman–Crippen LogP) is 3.60. The zero-order chi connectivity index (χ0) is 29.1. The van der Waals surface area contributed by atoms with Crippen LogP contribution < -0.4 is 26.2 Å². The molecule has 41 heavy (non-hydrogen) atoms. The molecule has 222 valence electrons. The van der Waals surface area contributed by atoms with Crippen molar-refractivity contribution >= 4 is 37.4 Å². The molecule has 0 spiro atoms. The molecule has 0 bridgehead atoms. The molecule has 3 heterocycles. The van der Waals surface area contributed by atoms with E-state index in [1.807, 2.05) is 28.8 Å². The smallest absolute Gasteiger partial charge is 0.323 e. The first-order chi connectivity index (χ1) is 19.8. The molecule has 5 atom stereocenters. The molecular formula is C27H39N8O5P. The molecule has 13 nitrogen and oxygen atoms in total. The van der Waals surface area contributed by atoms with Gasteiger partial charge in [-0.15, -0.1) is 0 Å². The molecule has 2 aliphatic rings. The Morgan fingerprint density at radius 3 is 2.71 bits per heavy atom. The molecule has 2 aromatic heterocycles. The second-order valence-electron chi connectivity index (χ2n) is 10.5. The van der Waals surface area contributed by atoms with E-state index in [0.29, 0.717) is 29.3 Å². The fourth-order valence-electron chi connectivity index (χ4n) is 4.78. The van der Waals surface area contributed by atoms with Crippen LogP contribution in [0.4, 0.5) is 11.8 Å². The van der Waals surface area contributed by atoms with E-state index in [2.05, 4.69) is 33.9 Å². The van der Waals surface area contributed by atoms with E-state index in [1.165, 1.54) is 5.56 Å². The van der Waals surface area contributed by atoms with Crippen LogP contribution in [-0.2, 0) is 25.2 Å². The number of rotatable bonds is 13. The average molecular weight is 587 g/mol. The lowest BCUT2D eigenvalue weighted by molar-refractivity contribution is -0.144. The van der Waals surface area contributed by atoms with Crippen molar-refractivity contribution < 1.29 is 23.3 Å². The van der Waals surface area contributed by atoms with E-state index in [0.717, 1.165) is 25.7 Å². The highest BCUT2D eigenvalue weighted by molar-refractivity contribution is 7.45. The van der Waals surface area contributed by atoms with Crippen LogP contribution in [0.25, 0.3) is 11.2 Å². The summed E-state index contributed by atoms with van der Waals surface area (Å²) in [6, 6.07) is 7.45. The first kappa shape index (κ1) is 29.4. The fraction of sp³-hybridized carbons (Fsp3) is 0.556. The van der Waals surface area contributed by atoms with Gasteiger partial charge in [-0.25, -0.2) is 15.9 Å². The molecule has 1 aliphatic heterocycles.